The van der Waals surface area contributed by atoms with Gasteiger partial charge in [0.25, 0.3) is 0 Å². The van der Waals surface area contributed by atoms with Crippen LogP contribution in [0.5, 0.6) is 0 Å². The third-order valence-corrected chi connectivity index (χ3v) is 3.13. The minimum atomic E-state index is -0.195. The lowest BCUT2D eigenvalue weighted by atomic mass is 10.2. The maximum Gasteiger partial charge on any atom is 0.242 e. The Morgan fingerprint density at radius 2 is 2.44 bits per heavy atom. The third kappa shape index (κ3) is 2.88. The monoisotopic (exact) mass is 252 g/mol. The van der Waals surface area contributed by atoms with Crippen molar-refractivity contribution < 1.29 is 9.53 Å². The molecule has 2 N–H and O–H groups in total. The molecule has 2 unspecified atom stereocenters. The van der Waals surface area contributed by atoms with Crippen LogP contribution in [0.2, 0.25) is 0 Å². The second-order valence-corrected chi connectivity index (χ2v) is 4.82. The first kappa shape index (κ1) is 13.0. The van der Waals surface area contributed by atoms with E-state index in [1.54, 1.807) is 13.2 Å². The Balaban J connectivity index is 1.91. The Hall–Kier alpha value is -1.40. The molecule has 6 nitrogen and oxygen atoms in total. The van der Waals surface area contributed by atoms with Crippen LogP contribution in [0.1, 0.15) is 26.3 Å². The topological polar surface area (TPSA) is 68.2 Å². The smallest absolute Gasteiger partial charge is 0.242 e. The Morgan fingerprint density at radius 1 is 1.67 bits per heavy atom. The maximum absolute atomic E-state index is 12.0. The molecule has 6 heteroatoms. The molecule has 18 heavy (non-hydrogen) atoms. The summed E-state index contributed by atoms with van der Waals surface area (Å²) in [5, 5.41) is 10.2. The summed E-state index contributed by atoms with van der Waals surface area (Å²) >= 11 is 0. The number of nitrogens with zero attached hydrogens (tertiary/aromatic N) is 2. The Kier molecular flexibility index (Phi) is 3.98. The summed E-state index contributed by atoms with van der Waals surface area (Å²) in [4.78, 5) is 12.0. The first-order valence-electron chi connectivity index (χ1n) is 6.22. The van der Waals surface area contributed by atoms with E-state index in [1.165, 1.54) is 0 Å². The summed E-state index contributed by atoms with van der Waals surface area (Å²) in [5.74, 6) is 0.542. The zero-order chi connectivity index (χ0) is 13.1. The molecule has 1 aromatic heterocycles. The molecule has 0 radical (unpaired) electrons. The quantitative estimate of drug-likeness (QED) is 0.831. The number of hydrogen-bond donors (Lipinski definition) is 2. The highest BCUT2D eigenvalue weighted by atomic mass is 16.5. The van der Waals surface area contributed by atoms with Crippen LogP contribution in [0.4, 0.5) is 5.82 Å². The van der Waals surface area contributed by atoms with Crippen molar-refractivity contribution in [2.24, 2.45) is 0 Å². The van der Waals surface area contributed by atoms with E-state index in [9.17, 15) is 4.79 Å². The Labute approximate surface area is 107 Å². The highest BCUT2D eigenvalue weighted by Crippen LogP contribution is 2.13. The number of nitrogens with one attached hydrogen (secondary N) is 2. The van der Waals surface area contributed by atoms with Gasteiger partial charge in [-0.1, -0.05) is 0 Å². The highest BCUT2D eigenvalue weighted by molar-refractivity contribution is 5.94. The number of methoxy groups -OCH3 is 1. The van der Waals surface area contributed by atoms with Gasteiger partial charge in [-0.25, -0.2) is 0 Å². The molecular weight excluding hydrogens is 232 g/mol. The summed E-state index contributed by atoms with van der Waals surface area (Å²) < 4.78 is 7.03. The molecule has 0 saturated carbocycles. The van der Waals surface area contributed by atoms with Crippen LogP contribution >= 0.6 is 0 Å². The number of hydrogen-bond acceptors (Lipinski definition) is 4. The Morgan fingerprint density at radius 3 is 3.00 bits per heavy atom. The van der Waals surface area contributed by atoms with Crippen LogP contribution in [0, 0.1) is 0 Å². The molecule has 1 aromatic rings. The summed E-state index contributed by atoms with van der Waals surface area (Å²) in [7, 11) is 1.66. The lowest BCUT2D eigenvalue weighted by Gasteiger charge is -2.09. The Bertz CT molecular complexity index is 416. The highest BCUT2D eigenvalue weighted by Gasteiger charge is 2.29. The van der Waals surface area contributed by atoms with Crippen molar-refractivity contribution in [3.8, 4) is 0 Å². The SMILES string of the molecule is COC1CNC(C(=O)Nc2ccn(C(C)C)n2)C1. The lowest BCUT2D eigenvalue weighted by Crippen LogP contribution is -2.35. The molecule has 0 aromatic carbocycles. The zero-order valence-corrected chi connectivity index (χ0v) is 11.0. The van der Waals surface area contributed by atoms with Crippen LogP contribution in [0.15, 0.2) is 12.3 Å². The van der Waals surface area contributed by atoms with Crippen LogP contribution < -0.4 is 10.6 Å². The number of anilines is 1. The molecule has 1 amide bonds. The van der Waals surface area contributed by atoms with Gasteiger partial charge < -0.3 is 15.4 Å². The fraction of sp³-hybridized carbons (Fsp3) is 0.667. The number of amides is 1. The second kappa shape index (κ2) is 5.49. The lowest BCUT2D eigenvalue weighted by molar-refractivity contribution is -0.118. The van der Waals surface area contributed by atoms with Gasteiger partial charge in [0.2, 0.25) is 5.91 Å². The number of carbonyl (C=O) groups excluding carboxylic acids is 1. The van der Waals surface area contributed by atoms with Crippen molar-refractivity contribution >= 4 is 11.7 Å². The van der Waals surface area contributed by atoms with Gasteiger partial charge in [0, 0.05) is 32.0 Å². The van der Waals surface area contributed by atoms with Gasteiger partial charge in [-0.3, -0.25) is 9.48 Å². The molecule has 1 fully saturated rings. The summed E-state index contributed by atoms with van der Waals surface area (Å²) in [6.45, 7) is 4.80. The van der Waals surface area contributed by atoms with Gasteiger partial charge in [0.1, 0.15) is 0 Å². The maximum atomic E-state index is 12.0. The van der Waals surface area contributed by atoms with Gasteiger partial charge in [-0.05, 0) is 20.3 Å². The van der Waals surface area contributed by atoms with Crippen molar-refractivity contribution in [2.45, 2.75) is 38.5 Å². The number of rotatable bonds is 4. The first-order chi connectivity index (χ1) is 8.60. The molecule has 1 saturated heterocycles. The van der Waals surface area contributed by atoms with E-state index in [2.05, 4.69) is 15.7 Å². The minimum Gasteiger partial charge on any atom is -0.380 e. The first-order valence-corrected chi connectivity index (χ1v) is 6.22. The fourth-order valence-corrected chi connectivity index (χ4v) is 1.99. The molecule has 2 atom stereocenters. The van der Waals surface area contributed by atoms with Crippen molar-refractivity contribution in [1.29, 1.82) is 0 Å². The number of aromatic nitrogens is 2. The van der Waals surface area contributed by atoms with E-state index in [1.807, 2.05) is 24.7 Å². The standard InChI is InChI=1S/C12H20N4O2/c1-8(2)16-5-4-11(15-16)14-12(17)10-6-9(18-3)7-13-10/h4-5,8-10,13H,6-7H2,1-3H3,(H,14,15,17). The van der Waals surface area contributed by atoms with Crippen molar-refractivity contribution in [3.63, 3.8) is 0 Å². The van der Waals surface area contributed by atoms with Crippen LogP contribution in [0.25, 0.3) is 0 Å². The molecule has 2 rings (SSSR count). The molecule has 1 aliphatic rings. The second-order valence-electron chi connectivity index (χ2n) is 4.82. The van der Waals surface area contributed by atoms with Crippen LogP contribution in [-0.4, -0.2) is 41.5 Å². The van der Waals surface area contributed by atoms with E-state index in [4.69, 9.17) is 4.74 Å². The minimum absolute atomic E-state index is 0.0523. The van der Waals surface area contributed by atoms with Crippen LogP contribution in [0.3, 0.4) is 0 Å². The molecule has 100 valence electrons. The molecule has 2 heterocycles. The van der Waals surface area contributed by atoms with Gasteiger partial charge >= 0.3 is 0 Å². The van der Waals surface area contributed by atoms with Gasteiger partial charge in [-0.15, -0.1) is 0 Å². The van der Waals surface area contributed by atoms with Crippen molar-refractivity contribution in [2.75, 3.05) is 19.0 Å². The average Bonchev–Trinajstić information content (AvgIpc) is 2.96. The van der Waals surface area contributed by atoms with E-state index >= 15 is 0 Å². The van der Waals surface area contributed by atoms with E-state index in [0.29, 0.717) is 12.2 Å². The summed E-state index contributed by atoms with van der Waals surface area (Å²) in [5.41, 5.74) is 0. The van der Waals surface area contributed by atoms with Crippen molar-refractivity contribution in [1.82, 2.24) is 15.1 Å². The molecular formula is C12H20N4O2. The van der Waals surface area contributed by atoms with E-state index in [-0.39, 0.29) is 24.1 Å². The molecule has 0 bridgehead atoms. The zero-order valence-electron chi connectivity index (χ0n) is 11.0. The van der Waals surface area contributed by atoms with Gasteiger partial charge in [0.15, 0.2) is 5.82 Å². The van der Waals surface area contributed by atoms with E-state index in [0.717, 1.165) is 6.54 Å². The largest absolute Gasteiger partial charge is 0.380 e. The third-order valence-electron chi connectivity index (χ3n) is 3.13. The predicted molar refractivity (Wildman–Crippen MR) is 68.4 cm³/mol. The van der Waals surface area contributed by atoms with Crippen molar-refractivity contribution in [3.05, 3.63) is 12.3 Å². The predicted octanol–water partition coefficient (Wildman–Crippen LogP) is 0.779. The normalized spacial score (nSPS) is 23.6. The van der Waals surface area contributed by atoms with Crippen LogP contribution in [-0.2, 0) is 9.53 Å². The number of carbonyl (C=O) groups is 1. The summed E-state index contributed by atoms with van der Waals surface area (Å²) in [6.07, 6.45) is 2.68. The molecule has 0 spiro atoms. The van der Waals surface area contributed by atoms with Gasteiger partial charge in [0.05, 0.1) is 12.1 Å². The average molecular weight is 252 g/mol. The van der Waals surface area contributed by atoms with E-state index < -0.39 is 0 Å². The molecule has 0 aliphatic carbocycles. The summed E-state index contributed by atoms with van der Waals surface area (Å²) in [6, 6.07) is 1.90. The fourth-order valence-electron chi connectivity index (χ4n) is 1.99. The molecule has 1 aliphatic heterocycles. The number of ether oxygens (including phenoxy) is 1. The van der Waals surface area contributed by atoms with Gasteiger partial charge in [-0.2, -0.15) is 5.10 Å².